The van der Waals surface area contributed by atoms with Gasteiger partial charge < -0.3 is 15.4 Å². The number of halogens is 1. The van der Waals surface area contributed by atoms with Gasteiger partial charge in [-0.1, -0.05) is 0 Å². The molecule has 2 N–H and O–H groups in total. The first-order chi connectivity index (χ1) is 11.7. The maximum Gasteiger partial charge on any atom is 0.225 e. The molecule has 1 aromatic heterocycles. The lowest BCUT2D eigenvalue weighted by Gasteiger charge is -2.22. The van der Waals surface area contributed by atoms with E-state index in [0.29, 0.717) is 29.4 Å². The molecule has 1 aromatic carbocycles. The van der Waals surface area contributed by atoms with E-state index in [9.17, 15) is 4.79 Å². The number of nitrogens with zero attached hydrogens (tertiary/aromatic N) is 4. The van der Waals surface area contributed by atoms with E-state index in [-0.39, 0.29) is 24.4 Å². The van der Waals surface area contributed by atoms with Gasteiger partial charge in [0.25, 0.3) is 0 Å². The van der Waals surface area contributed by atoms with Crippen LogP contribution in [-0.4, -0.2) is 57.3 Å². The maximum atomic E-state index is 12.3. The molecule has 2 aromatic rings. The molecule has 1 saturated heterocycles. The van der Waals surface area contributed by atoms with E-state index in [1.54, 1.807) is 24.8 Å². The highest BCUT2D eigenvalue weighted by atomic mass is 35.5. The number of hydrogen-bond acceptors (Lipinski definition) is 7. The fourth-order valence-corrected chi connectivity index (χ4v) is 3.52. The number of thioether (sulfide) groups is 1. The Labute approximate surface area is 156 Å². The van der Waals surface area contributed by atoms with Crippen molar-refractivity contribution in [2.45, 2.75) is 19.4 Å². The summed E-state index contributed by atoms with van der Waals surface area (Å²) in [4.78, 5) is 12.3. The number of aryl methyl sites for hydroxylation is 1. The van der Waals surface area contributed by atoms with E-state index in [0.717, 1.165) is 18.1 Å². The third-order valence-electron chi connectivity index (χ3n) is 3.75. The zero-order valence-corrected chi connectivity index (χ0v) is 15.7. The van der Waals surface area contributed by atoms with Crippen LogP contribution in [0, 0.1) is 6.92 Å². The lowest BCUT2D eigenvalue weighted by molar-refractivity contribution is -0.116. The summed E-state index contributed by atoms with van der Waals surface area (Å²) in [6, 6.07) is 5.63. The first-order valence-corrected chi connectivity index (χ1v) is 8.87. The van der Waals surface area contributed by atoms with E-state index in [2.05, 4.69) is 26.2 Å². The molecule has 1 amide bonds. The lowest BCUT2D eigenvalue weighted by Crippen LogP contribution is -2.39. The van der Waals surface area contributed by atoms with Crippen molar-refractivity contribution in [1.29, 1.82) is 0 Å². The van der Waals surface area contributed by atoms with Gasteiger partial charge in [-0.15, -0.1) is 17.5 Å². The highest BCUT2D eigenvalue weighted by Crippen LogP contribution is 2.26. The molecule has 0 radical (unpaired) electrons. The molecule has 2 heterocycles. The molecule has 0 aliphatic carbocycles. The molecule has 1 atom stereocenters. The number of nitrogens with one attached hydrogen (secondary N) is 2. The molecule has 1 fully saturated rings. The Bertz CT molecular complexity index is 720. The Balaban J connectivity index is 0.00000225. The third kappa shape index (κ3) is 4.83. The largest absolute Gasteiger partial charge is 0.494 e. The van der Waals surface area contributed by atoms with Crippen molar-refractivity contribution < 1.29 is 9.53 Å². The van der Waals surface area contributed by atoms with Crippen molar-refractivity contribution in [3.05, 3.63) is 24.0 Å². The quantitative estimate of drug-likeness (QED) is 0.805. The molecule has 0 spiro atoms. The predicted octanol–water partition coefficient (Wildman–Crippen LogP) is 1.43. The molecule has 25 heavy (non-hydrogen) atoms. The molecule has 8 nitrogen and oxygen atoms in total. The van der Waals surface area contributed by atoms with E-state index in [1.807, 2.05) is 23.9 Å². The van der Waals surface area contributed by atoms with E-state index in [4.69, 9.17) is 4.74 Å². The topological polar surface area (TPSA) is 94.0 Å². The van der Waals surface area contributed by atoms with Crippen molar-refractivity contribution in [2.75, 3.05) is 30.5 Å². The molecule has 0 bridgehead atoms. The minimum Gasteiger partial charge on any atom is -0.494 e. The first kappa shape index (κ1) is 19.5. The second-order valence-electron chi connectivity index (χ2n) is 5.50. The van der Waals surface area contributed by atoms with E-state index < -0.39 is 0 Å². The Morgan fingerprint density at radius 3 is 3.00 bits per heavy atom. The molecular weight excluding hydrogens is 364 g/mol. The van der Waals surface area contributed by atoms with Crippen molar-refractivity contribution in [3.8, 4) is 11.4 Å². The van der Waals surface area contributed by atoms with Crippen LogP contribution >= 0.6 is 24.2 Å². The summed E-state index contributed by atoms with van der Waals surface area (Å²) in [5, 5.41) is 17.8. The van der Waals surface area contributed by atoms with Gasteiger partial charge in [0, 0.05) is 36.2 Å². The summed E-state index contributed by atoms with van der Waals surface area (Å²) in [6.07, 6.45) is 0.457. The minimum atomic E-state index is -0.0143. The Hall–Kier alpha value is -1.84. The number of ether oxygens (including phenoxy) is 1. The number of hydrogen-bond donors (Lipinski definition) is 2. The standard InChI is InChI=1S/C15H20N6O2S.ClH/c1-10-18-19-20-21(10)13-7-11(3-4-14(13)23-2)17-15(22)8-12-9-24-6-5-16-12;/h3-4,7,12,16H,5-6,8-9H2,1-2H3,(H,17,22);1H. The van der Waals surface area contributed by atoms with E-state index >= 15 is 0 Å². The molecule has 3 rings (SSSR count). The van der Waals surface area contributed by atoms with Crippen molar-refractivity contribution in [1.82, 2.24) is 25.5 Å². The Morgan fingerprint density at radius 2 is 2.36 bits per heavy atom. The fraction of sp³-hybridized carbons (Fsp3) is 0.467. The number of benzene rings is 1. The third-order valence-corrected chi connectivity index (χ3v) is 4.88. The van der Waals surface area contributed by atoms with Crippen LogP contribution in [0.1, 0.15) is 12.2 Å². The lowest BCUT2D eigenvalue weighted by atomic mass is 10.2. The Kier molecular flexibility index (Phi) is 7.03. The van der Waals surface area contributed by atoms with Gasteiger partial charge in [0.2, 0.25) is 5.91 Å². The van der Waals surface area contributed by atoms with E-state index in [1.165, 1.54) is 0 Å². The van der Waals surface area contributed by atoms with Crippen LogP contribution in [0.3, 0.4) is 0 Å². The molecule has 1 aliphatic heterocycles. The van der Waals surface area contributed by atoms with Gasteiger partial charge in [-0.3, -0.25) is 4.79 Å². The van der Waals surface area contributed by atoms with Crippen LogP contribution in [0.25, 0.3) is 5.69 Å². The number of carbonyl (C=O) groups is 1. The first-order valence-electron chi connectivity index (χ1n) is 7.71. The van der Waals surface area contributed by atoms with Crippen molar-refractivity contribution in [2.24, 2.45) is 0 Å². The van der Waals surface area contributed by atoms with Gasteiger partial charge >= 0.3 is 0 Å². The van der Waals surface area contributed by atoms with Crippen LogP contribution < -0.4 is 15.4 Å². The second-order valence-corrected chi connectivity index (χ2v) is 6.65. The van der Waals surface area contributed by atoms with Crippen LogP contribution in [0.4, 0.5) is 5.69 Å². The van der Waals surface area contributed by atoms with Gasteiger partial charge in [0.1, 0.15) is 11.4 Å². The number of anilines is 1. The summed E-state index contributed by atoms with van der Waals surface area (Å²) in [5.74, 6) is 3.32. The zero-order valence-electron chi connectivity index (χ0n) is 14.1. The molecule has 10 heteroatoms. The maximum absolute atomic E-state index is 12.3. The average molecular weight is 385 g/mol. The SMILES string of the molecule is COc1ccc(NC(=O)CC2CSCCN2)cc1-n1nnnc1C.Cl. The molecule has 0 saturated carbocycles. The normalized spacial score (nSPS) is 16.8. The summed E-state index contributed by atoms with van der Waals surface area (Å²) < 4.78 is 6.94. The summed E-state index contributed by atoms with van der Waals surface area (Å²) in [7, 11) is 1.59. The molecule has 136 valence electrons. The number of amides is 1. The number of tetrazole rings is 1. The number of rotatable bonds is 5. The van der Waals surface area contributed by atoms with Crippen molar-refractivity contribution >= 4 is 35.8 Å². The van der Waals surface area contributed by atoms with Crippen LogP contribution in [0.5, 0.6) is 5.75 Å². The fourth-order valence-electron chi connectivity index (χ4n) is 2.57. The van der Waals surface area contributed by atoms with Crippen LogP contribution in [0.2, 0.25) is 0 Å². The monoisotopic (exact) mass is 384 g/mol. The zero-order chi connectivity index (χ0) is 16.9. The van der Waals surface area contributed by atoms with Crippen LogP contribution in [0.15, 0.2) is 18.2 Å². The predicted molar refractivity (Wildman–Crippen MR) is 100 cm³/mol. The summed E-state index contributed by atoms with van der Waals surface area (Å²) in [5.41, 5.74) is 1.37. The molecule has 1 unspecified atom stereocenters. The van der Waals surface area contributed by atoms with Gasteiger partial charge in [0.05, 0.1) is 7.11 Å². The summed E-state index contributed by atoms with van der Waals surface area (Å²) in [6.45, 7) is 2.75. The summed E-state index contributed by atoms with van der Waals surface area (Å²) >= 11 is 1.87. The van der Waals surface area contributed by atoms with Gasteiger partial charge in [-0.2, -0.15) is 16.4 Å². The smallest absolute Gasteiger partial charge is 0.225 e. The van der Waals surface area contributed by atoms with Crippen LogP contribution in [-0.2, 0) is 4.79 Å². The van der Waals surface area contributed by atoms with Crippen molar-refractivity contribution in [3.63, 3.8) is 0 Å². The highest BCUT2D eigenvalue weighted by molar-refractivity contribution is 7.99. The Morgan fingerprint density at radius 1 is 1.52 bits per heavy atom. The average Bonchev–Trinajstić information content (AvgIpc) is 3.01. The number of carbonyl (C=O) groups excluding carboxylic acids is 1. The molecule has 1 aliphatic rings. The van der Waals surface area contributed by atoms with Gasteiger partial charge in [-0.05, 0) is 35.5 Å². The number of aromatic nitrogens is 4. The minimum absolute atomic E-state index is 0. The van der Waals surface area contributed by atoms with Gasteiger partial charge in [-0.25, -0.2) is 0 Å². The molecular formula is C15H21ClN6O2S. The van der Waals surface area contributed by atoms with Gasteiger partial charge in [0.15, 0.2) is 5.82 Å². The number of methoxy groups -OCH3 is 1. The second kappa shape index (κ2) is 9.02. The highest BCUT2D eigenvalue weighted by Gasteiger charge is 2.17.